The molecule has 0 spiro atoms. The predicted octanol–water partition coefficient (Wildman–Crippen LogP) is 5.74. The number of nitrogens with zero attached hydrogens (tertiary/aromatic N) is 1. The number of carbonyl (C=O) groups excluding carboxylic acids is 1. The Morgan fingerprint density at radius 1 is 0.677 bits per heavy atom. The van der Waals surface area contributed by atoms with E-state index < -0.39 is 35.0 Å². The maximum absolute atomic E-state index is 11.8. The summed E-state index contributed by atoms with van der Waals surface area (Å²) >= 11 is 0. The van der Waals surface area contributed by atoms with Gasteiger partial charge in [-0.3, -0.25) is 14.1 Å². The van der Waals surface area contributed by atoms with Gasteiger partial charge < -0.3 is 5.11 Å². The van der Waals surface area contributed by atoms with E-state index in [0.29, 0.717) is 10.7 Å². The van der Waals surface area contributed by atoms with Crippen molar-refractivity contribution in [1.82, 2.24) is 4.31 Å². The topological polar surface area (TPSA) is 112 Å². The van der Waals surface area contributed by atoms with Crippen LogP contribution < -0.4 is 0 Å². The van der Waals surface area contributed by atoms with Crippen LogP contribution in [0.5, 0.6) is 0 Å². The third kappa shape index (κ3) is 21.8. The van der Waals surface area contributed by atoms with Gasteiger partial charge in [0.25, 0.3) is 0 Å². The van der Waals surface area contributed by atoms with Crippen LogP contribution >= 0.6 is 0 Å². The minimum atomic E-state index is -4.64. The molecule has 0 aliphatic carbocycles. The second kappa shape index (κ2) is 22.0. The van der Waals surface area contributed by atoms with Crippen molar-refractivity contribution in [2.45, 2.75) is 122 Å². The van der Waals surface area contributed by atoms with Crippen molar-refractivity contribution in [3.8, 4) is 0 Å². The van der Waals surface area contributed by atoms with Crippen molar-refractivity contribution in [3.63, 3.8) is 0 Å². The molecule has 31 heavy (non-hydrogen) atoms. The monoisotopic (exact) mass is 607 g/mol. The molecule has 0 fully saturated rings. The molecule has 0 rings (SSSR count). The van der Waals surface area contributed by atoms with Crippen molar-refractivity contribution in [3.05, 3.63) is 0 Å². The second-order valence-electron chi connectivity index (χ2n) is 8.14. The van der Waals surface area contributed by atoms with E-state index in [-0.39, 0.29) is 46.5 Å². The molecular formula is C22H43GdNO6S. The molecule has 0 saturated carbocycles. The summed E-state index contributed by atoms with van der Waals surface area (Å²) in [5.41, 5.74) is 0. The zero-order valence-corrected chi connectivity index (χ0v) is 22.3. The Morgan fingerprint density at radius 2 is 1.03 bits per heavy atom. The molecule has 0 aliphatic heterocycles. The van der Waals surface area contributed by atoms with E-state index in [2.05, 4.69) is 6.92 Å². The number of carboxylic acid groups (broad SMARTS) is 1. The van der Waals surface area contributed by atoms with Crippen LogP contribution in [0.3, 0.4) is 0 Å². The summed E-state index contributed by atoms with van der Waals surface area (Å²) < 4.78 is 32.2. The molecule has 0 aromatic rings. The summed E-state index contributed by atoms with van der Waals surface area (Å²) in [5.74, 6) is -2.05. The molecule has 0 heterocycles. The maximum atomic E-state index is 11.8. The van der Waals surface area contributed by atoms with Gasteiger partial charge in [-0.2, -0.15) is 8.42 Å². The summed E-state index contributed by atoms with van der Waals surface area (Å²) in [6.45, 7) is 2.14. The predicted molar refractivity (Wildman–Crippen MR) is 120 cm³/mol. The van der Waals surface area contributed by atoms with Crippen molar-refractivity contribution in [2.75, 3.05) is 6.54 Å². The third-order valence-electron chi connectivity index (χ3n) is 5.32. The van der Waals surface area contributed by atoms with Crippen LogP contribution in [0, 0.1) is 39.9 Å². The Balaban J connectivity index is 0. The summed E-state index contributed by atoms with van der Waals surface area (Å²) in [5, 5.41) is 8.59. The molecule has 0 radical (unpaired) electrons. The van der Waals surface area contributed by atoms with E-state index in [1.165, 1.54) is 70.6 Å². The van der Waals surface area contributed by atoms with Crippen LogP contribution in [-0.4, -0.2) is 40.8 Å². The van der Waals surface area contributed by atoms with Gasteiger partial charge in [0.05, 0.1) is 6.42 Å². The number of amides is 1. The van der Waals surface area contributed by atoms with Gasteiger partial charge >= 0.3 is 16.3 Å². The Hall–Kier alpha value is 0.175. The molecule has 0 saturated heterocycles. The zero-order chi connectivity index (χ0) is 22.7. The minimum Gasteiger partial charge on any atom is -0.481 e. The van der Waals surface area contributed by atoms with Crippen LogP contribution in [0.15, 0.2) is 0 Å². The maximum Gasteiger partial charge on any atom is 0.362 e. The Labute approximate surface area is 221 Å². The fourth-order valence-corrected chi connectivity index (χ4v) is 4.22. The molecule has 186 valence electrons. The van der Waals surface area contributed by atoms with Crippen LogP contribution in [0.25, 0.3) is 0 Å². The van der Waals surface area contributed by atoms with Gasteiger partial charge in [0.1, 0.15) is 0 Å². The molecule has 0 aliphatic rings. The molecule has 1 amide bonds. The fraction of sp³-hybridized carbons (Fsp3) is 0.909. The molecule has 0 bridgehead atoms. The average molecular weight is 607 g/mol. The number of hydrogen-bond donors (Lipinski definition) is 2. The van der Waals surface area contributed by atoms with Gasteiger partial charge in [0.15, 0.2) is 0 Å². The quantitative estimate of drug-likeness (QED) is 0.127. The van der Waals surface area contributed by atoms with Crippen molar-refractivity contribution < 1.29 is 67.6 Å². The van der Waals surface area contributed by atoms with Gasteiger partial charge in [0.2, 0.25) is 5.91 Å². The van der Waals surface area contributed by atoms with Crippen LogP contribution in [-0.2, 0) is 19.9 Å². The third-order valence-corrected chi connectivity index (χ3v) is 6.27. The Kier molecular flexibility index (Phi) is 23.7. The Bertz CT molecular complexity index is 556. The van der Waals surface area contributed by atoms with E-state index in [1.54, 1.807) is 0 Å². The SMILES string of the molecule is CCCCCCCCCCCCCCCCCCN(C(=O)CCC(=O)O)S(=O)(=O)O.[Gd]. The number of aliphatic carboxylic acids is 1. The van der Waals surface area contributed by atoms with Crippen molar-refractivity contribution in [1.29, 1.82) is 0 Å². The average Bonchev–Trinajstić information content (AvgIpc) is 2.67. The van der Waals surface area contributed by atoms with Crippen LogP contribution in [0.4, 0.5) is 0 Å². The first-order valence-corrected chi connectivity index (χ1v) is 13.2. The van der Waals surface area contributed by atoms with E-state index >= 15 is 0 Å². The van der Waals surface area contributed by atoms with E-state index in [0.717, 1.165) is 25.7 Å². The number of carboxylic acids is 1. The van der Waals surface area contributed by atoms with E-state index in [1.807, 2.05) is 0 Å². The Morgan fingerprint density at radius 3 is 1.35 bits per heavy atom. The second-order valence-corrected chi connectivity index (χ2v) is 9.48. The number of carbonyl (C=O) groups is 2. The first-order valence-electron chi connectivity index (χ1n) is 11.8. The zero-order valence-electron chi connectivity index (χ0n) is 19.2. The normalized spacial score (nSPS) is 11.2. The molecule has 0 unspecified atom stereocenters. The first kappa shape index (κ1) is 33.3. The van der Waals surface area contributed by atoms with E-state index in [4.69, 9.17) is 9.66 Å². The van der Waals surface area contributed by atoms with Crippen LogP contribution in [0.2, 0.25) is 0 Å². The molecule has 2 N–H and O–H groups in total. The molecule has 0 aromatic carbocycles. The molecular weight excluding hydrogens is 564 g/mol. The number of unbranched alkanes of at least 4 members (excludes halogenated alkanes) is 15. The van der Waals surface area contributed by atoms with Gasteiger partial charge in [-0.25, -0.2) is 4.31 Å². The molecule has 7 nitrogen and oxygen atoms in total. The van der Waals surface area contributed by atoms with E-state index in [9.17, 15) is 18.0 Å². The van der Waals surface area contributed by atoms with Crippen molar-refractivity contribution in [2.24, 2.45) is 0 Å². The smallest absolute Gasteiger partial charge is 0.362 e. The largest absolute Gasteiger partial charge is 0.481 e. The summed E-state index contributed by atoms with van der Waals surface area (Å²) in [6.07, 6.45) is 18.2. The van der Waals surface area contributed by atoms with Gasteiger partial charge in [-0.15, -0.1) is 0 Å². The van der Waals surface area contributed by atoms with Crippen molar-refractivity contribution >= 4 is 22.2 Å². The van der Waals surface area contributed by atoms with Gasteiger partial charge in [-0.1, -0.05) is 103 Å². The number of rotatable bonds is 21. The number of hydrogen-bond acceptors (Lipinski definition) is 4. The van der Waals surface area contributed by atoms with Gasteiger partial charge in [0, 0.05) is 52.9 Å². The minimum absolute atomic E-state index is 0. The summed E-state index contributed by atoms with van der Waals surface area (Å²) in [6, 6.07) is 0. The van der Waals surface area contributed by atoms with Crippen LogP contribution in [0.1, 0.15) is 122 Å². The fourth-order valence-electron chi connectivity index (χ4n) is 3.51. The summed E-state index contributed by atoms with van der Waals surface area (Å²) in [7, 11) is -4.64. The standard InChI is InChI=1S/C22H43NO6S.Gd/c1-2-3-4-5-6-7-8-9-10-11-12-13-14-15-16-17-20-23(30(27,28)29)21(24)18-19-22(25)26;/h2-20H2,1H3,(H,25,26)(H,27,28,29);. The van der Waals surface area contributed by atoms with Gasteiger partial charge in [-0.05, 0) is 6.42 Å². The summed E-state index contributed by atoms with van der Waals surface area (Å²) in [4.78, 5) is 22.3. The molecule has 9 heteroatoms. The first-order chi connectivity index (χ1) is 14.3. The molecule has 0 aromatic heterocycles. The molecule has 0 atom stereocenters.